The summed E-state index contributed by atoms with van der Waals surface area (Å²) in [6.45, 7) is 5.05. The molecule has 0 N–H and O–H groups in total. The zero-order valence-corrected chi connectivity index (χ0v) is 18.5. The molecule has 2 aromatic carbocycles. The lowest BCUT2D eigenvalue weighted by atomic mass is 10.0. The molecule has 0 fully saturated rings. The minimum Gasteiger partial charge on any atom is -0.497 e. The van der Waals surface area contributed by atoms with Crippen molar-refractivity contribution in [2.45, 2.75) is 58.9 Å². The van der Waals surface area contributed by atoms with Crippen LogP contribution in [0.1, 0.15) is 51.5 Å². The van der Waals surface area contributed by atoms with Gasteiger partial charge in [-0.25, -0.2) is 4.68 Å². The molecule has 0 saturated heterocycles. The number of rotatable bonds is 10. The van der Waals surface area contributed by atoms with Crippen molar-refractivity contribution in [2.75, 3.05) is 7.11 Å². The number of hydrogen-bond acceptors (Lipinski definition) is 3. The lowest BCUT2D eigenvalue weighted by Crippen LogP contribution is -2.00. The average molecular weight is 410 g/mol. The van der Waals surface area contributed by atoms with Gasteiger partial charge in [-0.15, -0.1) is 0 Å². The Balaban J connectivity index is 1.87. The van der Waals surface area contributed by atoms with E-state index >= 15 is 0 Å². The predicted molar refractivity (Wildman–Crippen MR) is 123 cm³/mol. The Hall–Kier alpha value is -2.40. The van der Waals surface area contributed by atoms with Crippen molar-refractivity contribution in [1.82, 2.24) is 14.3 Å². The highest BCUT2D eigenvalue weighted by atomic mass is 32.1. The monoisotopic (exact) mass is 409 g/mol. The van der Waals surface area contributed by atoms with Crippen LogP contribution in [0.25, 0.3) is 17.1 Å². The van der Waals surface area contributed by atoms with Gasteiger partial charge in [0.1, 0.15) is 5.75 Å². The summed E-state index contributed by atoms with van der Waals surface area (Å²) in [7, 11) is 1.68. The standard InChI is InChI=1S/C24H31N3OS/c1-4-6-7-8-9-11-19-14-16-20(17-15-19)23-25-26(5-2)24(29)27(23)21-12-10-13-22(18-21)28-3/h10,12-18H,4-9,11H2,1-3H3. The summed E-state index contributed by atoms with van der Waals surface area (Å²) in [5.74, 6) is 1.66. The Bertz CT molecular complexity index is 973. The maximum atomic E-state index is 5.71. The lowest BCUT2D eigenvalue weighted by molar-refractivity contribution is 0.414. The van der Waals surface area contributed by atoms with E-state index < -0.39 is 0 Å². The number of aromatic nitrogens is 3. The van der Waals surface area contributed by atoms with Gasteiger partial charge in [-0.2, -0.15) is 5.10 Å². The molecule has 0 amide bonds. The van der Waals surface area contributed by atoms with E-state index in [9.17, 15) is 0 Å². The van der Waals surface area contributed by atoms with Crippen LogP contribution in [-0.2, 0) is 13.0 Å². The number of ether oxygens (including phenoxy) is 1. The summed E-state index contributed by atoms with van der Waals surface area (Å²) in [4.78, 5) is 0. The van der Waals surface area contributed by atoms with E-state index in [1.165, 1.54) is 37.7 Å². The number of unbranched alkanes of at least 4 members (excludes halogenated alkanes) is 4. The third kappa shape index (κ3) is 5.15. The Morgan fingerprint density at radius 2 is 1.72 bits per heavy atom. The van der Waals surface area contributed by atoms with E-state index in [0.29, 0.717) is 4.77 Å². The van der Waals surface area contributed by atoms with Gasteiger partial charge in [-0.3, -0.25) is 4.57 Å². The van der Waals surface area contributed by atoms with Gasteiger partial charge in [-0.1, -0.05) is 62.9 Å². The predicted octanol–water partition coefficient (Wildman–Crippen LogP) is 6.61. The van der Waals surface area contributed by atoms with E-state index in [0.717, 1.165) is 35.8 Å². The second kappa shape index (κ2) is 10.4. The maximum Gasteiger partial charge on any atom is 0.202 e. The van der Waals surface area contributed by atoms with Crippen LogP contribution >= 0.6 is 12.2 Å². The fraction of sp³-hybridized carbons (Fsp3) is 0.417. The van der Waals surface area contributed by atoms with Crippen LogP contribution in [-0.4, -0.2) is 21.5 Å². The molecule has 0 atom stereocenters. The fourth-order valence-corrected chi connectivity index (χ4v) is 3.90. The topological polar surface area (TPSA) is 32.0 Å². The molecule has 0 aliphatic carbocycles. The molecule has 154 valence electrons. The second-order valence-electron chi connectivity index (χ2n) is 7.32. The Labute approximate surface area is 179 Å². The SMILES string of the molecule is CCCCCCCc1ccc(-c2nn(CC)c(=S)n2-c2cccc(OC)c2)cc1. The molecule has 4 nitrogen and oxygen atoms in total. The first-order valence-corrected chi connectivity index (χ1v) is 11.0. The van der Waals surface area contributed by atoms with Crippen molar-refractivity contribution in [3.63, 3.8) is 0 Å². The molecule has 29 heavy (non-hydrogen) atoms. The molecule has 3 aromatic rings. The molecule has 0 radical (unpaired) electrons. The molecule has 0 bridgehead atoms. The van der Waals surface area contributed by atoms with Gasteiger partial charge in [0.2, 0.25) is 4.77 Å². The van der Waals surface area contributed by atoms with Crippen LogP contribution in [0.15, 0.2) is 48.5 Å². The Kier molecular flexibility index (Phi) is 7.64. The molecule has 0 spiro atoms. The second-order valence-corrected chi connectivity index (χ2v) is 7.69. The first-order chi connectivity index (χ1) is 14.2. The first kappa shape index (κ1) is 21.3. The van der Waals surface area contributed by atoms with E-state index in [-0.39, 0.29) is 0 Å². The summed E-state index contributed by atoms with van der Waals surface area (Å²) < 4.78 is 9.98. The summed E-state index contributed by atoms with van der Waals surface area (Å²) in [6, 6.07) is 16.7. The first-order valence-electron chi connectivity index (χ1n) is 10.6. The van der Waals surface area contributed by atoms with Crippen molar-refractivity contribution >= 4 is 12.2 Å². The van der Waals surface area contributed by atoms with Gasteiger partial charge >= 0.3 is 0 Å². The molecule has 1 aromatic heterocycles. The largest absolute Gasteiger partial charge is 0.497 e. The van der Waals surface area contributed by atoms with Crippen LogP contribution in [0.5, 0.6) is 5.75 Å². The van der Waals surface area contributed by atoms with Gasteiger partial charge < -0.3 is 4.74 Å². The van der Waals surface area contributed by atoms with Crippen LogP contribution < -0.4 is 4.74 Å². The zero-order chi connectivity index (χ0) is 20.6. The number of aryl methyl sites for hydroxylation is 2. The Morgan fingerprint density at radius 3 is 2.41 bits per heavy atom. The molecule has 5 heteroatoms. The highest BCUT2D eigenvalue weighted by Crippen LogP contribution is 2.25. The van der Waals surface area contributed by atoms with Crippen LogP contribution in [0.3, 0.4) is 0 Å². The quantitative estimate of drug-likeness (QED) is 0.279. The minimum atomic E-state index is 0.691. The third-order valence-electron chi connectivity index (χ3n) is 5.23. The fourth-order valence-electron chi connectivity index (χ4n) is 3.54. The van der Waals surface area contributed by atoms with Gasteiger partial charge in [0, 0.05) is 18.2 Å². The third-order valence-corrected chi connectivity index (χ3v) is 5.62. The van der Waals surface area contributed by atoms with E-state index in [2.05, 4.69) is 38.1 Å². The molecule has 0 unspecified atom stereocenters. The normalized spacial score (nSPS) is 11.0. The molecule has 0 aliphatic heterocycles. The molecular formula is C24H31N3OS. The van der Waals surface area contributed by atoms with Crippen molar-refractivity contribution in [2.24, 2.45) is 0 Å². The molecule has 0 saturated carbocycles. The zero-order valence-electron chi connectivity index (χ0n) is 17.7. The summed E-state index contributed by atoms with van der Waals surface area (Å²) in [5.41, 5.74) is 3.41. The van der Waals surface area contributed by atoms with Crippen molar-refractivity contribution in [3.05, 3.63) is 58.9 Å². The number of methoxy groups -OCH3 is 1. The van der Waals surface area contributed by atoms with Gasteiger partial charge in [0.05, 0.1) is 12.8 Å². The van der Waals surface area contributed by atoms with Crippen molar-refractivity contribution in [1.29, 1.82) is 0 Å². The van der Waals surface area contributed by atoms with Gasteiger partial charge in [-0.05, 0) is 49.7 Å². The smallest absolute Gasteiger partial charge is 0.202 e. The van der Waals surface area contributed by atoms with Gasteiger partial charge in [0.25, 0.3) is 0 Å². The lowest BCUT2D eigenvalue weighted by Gasteiger charge is -2.09. The van der Waals surface area contributed by atoms with Crippen LogP contribution in [0.4, 0.5) is 0 Å². The maximum absolute atomic E-state index is 5.71. The number of benzene rings is 2. The average Bonchev–Trinajstić information content (AvgIpc) is 3.10. The summed E-state index contributed by atoms with van der Waals surface area (Å²) in [5, 5.41) is 4.79. The van der Waals surface area contributed by atoms with Crippen molar-refractivity contribution < 1.29 is 4.74 Å². The Morgan fingerprint density at radius 1 is 0.966 bits per heavy atom. The minimum absolute atomic E-state index is 0.691. The van der Waals surface area contributed by atoms with Crippen LogP contribution in [0, 0.1) is 4.77 Å². The summed E-state index contributed by atoms with van der Waals surface area (Å²) >= 11 is 5.71. The molecule has 3 rings (SSSR count). The van der Waals surface area contributed by atoms with E-state index in [1.807, 2.05) is 33.5 Å². The van der Waals surface area contributed by atoms with Crippen LogP contribution in [0.2, 0.25) is 0 Å². The van der Waals surface area contributed by atoms with E-state index in [4.69, 9.17) is 22.1 Å². The van der Waals surface area contributed by atoms with E-state index in [1.54, 1.807) is 7.11 Å². The molecular weight excluding hydrogens is 378 g/mol. The van der Waals surface area contributed by atoms with Crippen molar-refractivity contribution in [3.8, 4) is 22.8 Å². The summed E-state index contributed by atoms with van der Waals surface area (Å²) in [6.07, 6.45) is 7.67. The molecule has 0 aliphatic rings. The van der Waals surface area contributed by atoms with Gasteiger partial charge in [0.15, 0.2) is 5.82 Å². The number of hydrogen-bond donors (Lipinski definition) is 0. The molecule has 1 heterocycles. The highest BCUT2D eigenvalue weighted by molar-refractivity contribution is 7.71. The highest BCUT2D eigenvalue weighted by Gasteiger charge is 2.14. The number of nitrogens with zero attached hydrogens (tertiary/aromatic N) is 3.